The Balaban J connectivity index is 1.76. The maximum Gasteiger partial charge on any atom is 0.251 e. The molecule has 2 unspecified atom stereocenters. The molecule has 0 bridgehead atoms. The SMILES string of the molecule is CN1C(N)=NC(CC2CCCCC2)(Cn2c(=O)ccc3ccccc32)CC1O. The minimum absolute atomic E-state index is 0.0380. The molecule has 6 heteroatoms. The number of aliphatic hydroxyl groups excluding tert-OH is 1. The third-order valence-corrected chi connectivity index (χ3v) is 6.47. The first kappa shape index (κ1) is 19.0. The predicted molar refractivity (Wildman–Crippen MR) is 112 cm³/mol. The van der Waals surface area contributed by atoms with Gasteiger partial charge in [0.1, 0.15) is 6.23 Å². The van der Waals surface area contributed by atoms with Crippen LogP contribution in [0.4, 0.5) is 0 Å². The summed E-state index contributed by atoms with van der Waals surface area (Å²) in [6, 6.07) is 11.4. The summed E-state index contributed by atoms with van der Waals surface area (Å²) in [5, 5.41) is 11.7. The Bertz CT molecular complexity index is 932. The van der Waals surface area contributed by atoms with Crippen LogP contribution in [0.5, 0.6) is 0 Å². The quantitative estimate of drug-likeness (QED) is 0.852. The number of para-hydroxylation sites is 1. The van der Waals surface area contributed by atoms with Crippen molar-refractivity contribution in [3.05, 3.63) is 46.8 Å². The molecule has 1 aliphatic heterocycles. The molecule has 28 heavy (non-hydrogen) atoms. The van der Waals surface area contributed by atoms with Gasteiger partial charge in [-0.1, -0.05) is 50.3 Å². The predicted octanol–water partition coefficient (Wildman–Crippen LogP) is 2.68. The van der Waals surface area contributed by atoms with E-state index in [1.807, 2.05) is 34.9 Å². The lowest BCUT2D eigenvalue weighted by molar-refractivity contribution is 0.0157. The van der Waals surface area contributed by atoms with Crippen molar-refractivity contribution in [1.82, 2.24) is 9.47 Å². The molecule has 0 amide bonds. The molecule has 2 heterocycles. The van der Waals surface area contributed by atoms with Crippen molar-refractivity contribution >= 4 is 16.9 Å². The summed E-state index contributed by atoms with van der Waals surface area (Å²) in [7, 11) is 1.76. The van der Waals surface area contributed by atoms with Gasteiger partial charge >= 0.3 is 0 Å². The van der Waals surface area contributed by atoms with Crippen LogP contribution in [0.2, 0.25) is 0 Å². The maximum absolute atomic E-state index is 12.8. The van der Waals surface area contributed by atoms with E-state index in [9.17, 15) is 9.90 Å². The molecule has 1 fully saturated rings. The topological polar surface area (TPSA) is 83.8 Å². The number of aromatic nitrogens is 1. The fourth-order valence-electron chi connectivity index (χ4n) is 4.92. The Hall–Kier alpha value is -2.34. The summed E-state index contributed by atoms with van der Waals surface area (Å²) in [6.07, 6.45) is 6.81. The van der Waals surface area contributed by atoms with Crippen LogP contribution in [-0.4, -0.2) is 39.3 Å². The molecule has 0 spiro atoms. The highest BCUT2D eigenvalue weighted by Gasteiger charge is 2.41. The van der Waals surface area contributed by atoms with Gasteiger partial charge in [0.2, 0.25) is 0 Å². The fraction of sp³-hybridized carbons (Fsp3) is 0.545. The van der Waals surface area contributed by atoms with Crippen LogP contribution in [0, 0.1) is 5.92 Å². The number of benzene rings is 1. The van der Waals surface area contributed by atoms with Gasteiger partial charge in [0.05, 0.1) is 17.6 Å². The third-order valence-electron chi connectivity index (χ3n) is 6.47. The number of nitrogens with two attached hydrogens (primary N) is 1. The van der Waals surface area contributed by atoms with Crippen LogP contribution in [0.3, 0.4) is 0 Å². The van der Waals surface area contributed by atoms with Crippen LogP contribution in [0.1, 0.15) is 44.9 Å². The smallest absolute Gasteiger partial charge is 0.251 e. The summed E-state index contributed by atoms with van der Waals surface area (Å²) in [4.78, 5) is 19.3. The number of pyridine rings is 1. The van der Waals surface area contributed by atoms with Gasteiger partial charge in [-0.2, -0.15) is 0 Å². The third kappa shape index (κ3) is 3.65. The van der Waals surface area contributed by atoms with Crippen molar-refractivity contribution in [2.24, 2.45) is 16.6 Å². The van der Waals surface area contributed by atoms with Gasteiger partial charge in [0, 0.05) is 19.5 Å². The van der Waals surface area contributed by atoms with Crippen LogP contribution < -0.4 is 11.3 Å². The summed E-state index contributed by atoms with van der Waals surface area (Å²) in [5.41, 5.74) is 6.48. The van der Waals surface area contributed by atoms with Crippen LogP contribution in [0.25, 0.3) is 10.9 Å². The van der Waals surface area contributed by atoms with E-state index in [-0.39, 0.29) is 5.56 Å². The van der Waals surface area contributed by atoms with Crippen LogP contribution in [0.15, 0.2) is 46.2 Å². The molecule has 1 aromatic carbocycles. The van der Waals surface area contributed by atoms with E-state index < -0.39 is 11.8 Å². The van der Waals surface area contributed by atoms with Crippen molar-refractivity contribution in [2.75, 3.05) is 7.05 Å². The van der Waals surface area contributed by atoms with Crippen molar-refractivity contribution in [3.63, 3.8) is 0 Å². The minimum atomic E-state index is -0.688. The number of hydrogen-bond acceptors (Lipinski definition) is 5. The molecule has 0 radical (unpaired) electrons. The van der Waals surface area contributed by atoms with Gasteiger partial charge in [0.15, 0.2) is 5.96 Å². The maximum atomic E-state index is 12.8. The number of nitrogens with zero attached hydrogens (tertiary/aromatic N) is 3. The largest absolute Gasteiger partial charge is 0.373 e. The first-order valence-corrected chi connectivity index (χ1v) is 10.3. The van der Waals surface area contributed by atoms with E-state index >= 15 is 0 Å². The number of fused-ring (bicyclic) bond motifs is 1. The van der Waals surface area contributed by atoms with Crippen molar-refractivity contribution < 1.29 is 5.11 Å². The van der Waals surface area contributed by atoms with Crippen molar-refractivity contribution in [3.8, 4) is 0 Å². The lowest BCUT2D eigenvalue weighted by Gasteiger charge is -2.43. The summed E-state index contributed by atoms with van der Waals surface area (Å²) in [5.74, 6) is 0.912. The van der Waals surface area contributed by atoms with Gasteiger partial charge in [-0.25, -0.2) is 4.99 Å². The van der Waals surface area contributed by atoms with E-state index in [0.717, 1.165) is 17.3 Å². The minimum Gasteiger partial charge on any atom is -0.373 e. The number of rotatable bonds is 4. The zero-order valence-electron chi connectivity index (χ0n) is 16.6. The molecule has 0 saturated heterocycles. The average molecular weight is 383 g/mol. The zero-order chi connectivity index (χ0) is 19.7. The molecule has 1 aromatic heterocycles. The molecule has 3 N–H and O–H groups in total. The lowest BCUT2D eigenvalue weighted by atomic mass is 9.77. The van der Waals surface area contributed by atoms with Crippen LogP contribution in [-0.2, 0) is 6.54 Å². The molecule has 2 aliphatic rings. The van der Waals surface area contributed by atoms with E-state index in [1.165, 1.54) is 32.1 Å². The lowest BCUT2D eigenvalue weighted by Crippen LogP contribution is -2.54. The summed E-state index contributed by atoms with van der Waals surface area (Å²) >= 11 is 0. The Morgan fingerprint density at radius 2 is 1.93 bits per heavy atom. The Morgan fingerprint density at radius 3 is 2.68 bits per heavy atom. The van der Waals surface area contributed by atoms with E-state index in [2.05, 4.69) is 0 Å². The van der Waals surface area contributed by atoms with E-state index in [0.29, 0.717) is 24.8 Å². The Morgan fingerprint density at radius 1 is 1.18 bits per heavy atom. The monoisotopic (exact) mass is 382 g/mol. The summed E-state index contributed by atoms with van der Waals surface area (Å²) < 4.78 is 1.81. The summed E-state index contributed by atoms with van der Waals surface area (Å²) in [6.45, 7) is 0.440. The normalized spacial score (nSPS) is 26.4. The number of guanidine groups is 1. The van der Waals surface area contributed by atoms with Gasteiger partial charge in [-0.05, 0) is 29.9 Å². The number of hydrogen-bond donors (Lipinski definition) is 2. The second kappa shape index (κ2) is 7.59. The van der Waals surface area contributed by atoms with Gasteiger partial charge in [0.25, 0.3) is 5.56 Å². The highest BCUT2D eigenvalue weighted by Crippen LogP contribution is 2.38. The molecule has 2 aromatic rings. The first-order chi connectivity index (χ1) is 13.5. The molecule has 6 nitrogen and oxygen atoms in total. The molecule has 1 saturated carbocycles. The van der Waals surface area contributed by atoms with E-state index in [1.54, 1.807) is 18.0 Å². The van der Waals surface area contributed by atoms with Crippen molar-refractivity contribution in [2.45, 2.75) is 63.3 Å². The first-order valence-electron chi connectivity index (χ1n) is 10.3. The van der Waals surface area contributed by atoms with Gasteiger partial charge in [-0.15, -0.1) is 0 Å². The average Bonchev–Trinajstić information content (AvgIpc) is 2.69. The molecule has 150 valence electrons. The standard InChI is InChI=1S/C22H30N4O2/c1-25-20(28)14-22(24-21(25)23,13-16-7-3-2-4-8-16)15-26-18-10-6-5-9-17(18)11-12-19(26)27/h5-6,9-12,16,20,28H,2-4,7-8,13-15H2,1H3,(H2,23,24). The number of aliphatic imine (C=N–C) groups is 1. The van der Waals surface area contributed by atoms with Gasteiger partial charge in [-0.3, -0.25) is 4.79 Å². The van der Waals surface area contributed by atoms with Crippen molar-refractivity contribution in [1.29, 1.82) is 0 Å². The molecule has 2 atom stereocenters. The highest BCUT2D eigenvalue weighted by atomic mass is 16.3. The molecule has 1 aliphatic carbocycles. The highest BCUT2D eigenvalue weighted by molar-refractivity contribution is 5.80. The van der Waals surface area contributed by atoms with E-state index in [4.69, 9.17) is 10.7 Å². The second-order valence-corrected chi connectivity index (χ2v) is 8.51. The second-order valence-electron chi connectivity index (χ2n) is 8.51. The fourth-order valence-corrected chi connectivity index (χ4v) is 4.92. The zero-order valence-corrected chi connectivity index (χ0v) is 16.6. The molecule has 4 rings (SSSR count). The molecular weight excluding hydrogens is 352 g/mol. The Kier molecular flexibility index (Phi) is 5.15. The van der Waals surface area contributed by atoms with Crippen LogP contribution >= 0.6 is 0 Å². The Labute approximate surface area is 165 Å². The molecular formula is C22H30N4O2. The van der Waals surface area contributed by atoms with Gasteiger partial charge < -0.3 is 20.3 Å². The number of aliphatic hydroxyl groups is 1.